The predicted molar refractivity (Wildman–Crippen MR) is 138 cm³/mol. The van der Waals surface area contributed by atoms with Crippen LogP contribution in [0, 0.1) is 18.6 Å². The predicted octanol–water partition coefficient (Wildman–Crippen LogP) is 3.10. The molecule has 0 bridgehead atoms. The van der Waals surface area contributed by atoms with E-state index in [2.05, 4.69) is 10.3 Å². The van der Waals surface area contributed by atoms with Crippen molar-refractivity contribution in [2.45, 2.75) is 38.5 Å². The van der Waals surface area contributed by atoms with Crippen LogP contribution in [0.25, 0.3) is 5.69 Å². The molecular formula is C27H25ClF2N4O6. The first-order valence-corrected chi connectivity index (χ1v) is 12.9. The number of carbonyl (C=O) groups excluding carboxylic acids is 2. The number of amides is 2. The highest BCUT2D eigenvalue weighted by Gasteiger charge is 2.39. The van der Waals surface area contributed by atoms with Gasteiger partial charge in [0.15, 0.2) is 5.02 Å². The normalized spacial score (nSPS) is 17.8. The number of ether oxygens (including phenoxy) is 2. The van der Waals surface area contributed by atoms with Gasteiger partial charge >= 0.3 is 0 Å². The van der Waals surface area contributed by atoms with Crippen LogP contribution in [0.3, 0.4) is 0 Å². The van der Waals surface area contributed by atoms with Crippen molar-refractivity contribution in [3.8, 4) is 11.6 Å². The lowest BCUT2D eigenvalue weighted by atomic mass is 10.1. The van der Waals surface area contributed by atoms with Gasteiger partial charge in [-0.2, -0.15) is 0 Å². The molecule has 0 saturated carbocycles. The molecule has 0 spiro atoms. The van der Waals surface area contributed by atoms with Crippen LogP contribution in [0.15, 0.2) is 47.5 Å². The summed E-state index contributed by atoms with van der Waals surface area (Å²) in [4.78, 5) is 48.6. The van der Waals surface area contributed by atoms with Gasteiger partial charge < -0.3 is 14.8 Å². The summed E-state index contributed by atoms with van der Waals surface area (Å²) in [6.07, 6.45) is 2.49. The third-order valence-electron chi connectivity index (χ3n) is 6.72. The van der Waals surface area contributed by atoms with Crippen LogP contribution in [-0.4, -0.2) is 58.3 Å². The van der Waals surface area contributed by atoms with E-state index in [0.717, 1.165) is 16.7 Å². The molecule has 2 aliphatic heterocycles. The Kier molecular flexibility index (Phi) is 8.10. The molecule has 1 aromatic heterocycles. The Balaban J connectivity index is 1.30. The van der Waals surface area contributed by atoms with Gasteiger partial charge in [-0.3, -0.25) is 23.8 Å². The van der Waals surface area contributed by atoms with E-state index in [-0.39, 0.29) is 47.2 Å². The van der Waals surface area contributed by atoms with Crippen LogP contribution < -0.4 is 15.6 Å². The van der Waals surface area contributed by atoms with Crippen LogP contribution in [-0.2, 0) is 21.0 Å². The monoisotopic (exact) mass is 574 g/mol. The minimum Gasteiger partial charge on any atom is -0.471 e. The van der Waals surface area contributed by atoms with Crippen LogP contribution in [0.1, 0.15) is 34.3 Å². The van der Waals surface area contributed by atoms with Gasteiger partial charge in [0.25, 0.3) is 17.4 Å². The first-order valence-electron chi connectivity index (χ1n) is 12.5. The van der Waals surface area contributed by atoms with Gasteiger partial charge in [-0.05, 0) is 49.6 Å². The minimum absolute atomic E-state index is 0.0168. The number of halogens is 3. The van der Waals surface area contributed by atoms with Crippen molar-refractivity contribution in [2.24, 2.45) is 0 Å². The number of carbonyl (C=O) groups is 2. The number of hydrogen-bond donors (Lipinski definition) is 1. The maximum Gasteiger partial charge on any atom is 0.280 e. The third kappa shape index (κ3) is 5.69. The third-order valence-corrected chi connectivity index (χ3v) is 7.04. The molecule has 1 N–H and O–H groups in total. The molecule has 210 valence electrons. The summed E-state index contributed by atoms with van der Waals surface area (Å²) in [6.45, 7) is 2.51. The van der Waals surface area contributed by atoms with Gasteiger partial charge in [0.2, 0.25) is 5.88 Å². The van der Waals surface area contributed by atoms with Crippen molar-refractivity contribution in [1.82, 2.24) is 19.9 Å². The van der Waals surface area contributed by atoms with Crippen molar-refractivity contribution in [1.29, 1.82) is 0 Å². The molecule has 2 aliphatic rings. The Morgan fingerprint density at radius 3 is 2.70 bits per heavy atom. The summed E-state index contributed by atoms with van der Waals surface area (Å²) in [6, 6.07) is 6.77. The van der Waals surface area contributed by atoms with E-state index in [1.54, 1.807) is 19.1 Å². The molecular weight excluding hydrogens is 550 g/mol. The van der Waals surface area contributed by atoms with E-state index >= 15 is 0 Å². The van der Waals surface area contributed by atoms with E-state index in [1.165, 1.54) is 23.5 Å². The molecule has 3 heterocycles. The summed E-state index contributed by atoms with van der Waals surface area (Å²) in [5.74, 6) is -2.61. The maximum atomic E-state index is 13.9. The lowest BCUT2D eigenvalue weighted by Gasteiger charge is -2.29. The maximum absolute atomic E-state index is 13.9. The number of hydroxylamine groups is 2. The summed E-state index contributed by atoms with van der Waals surface area (Å²) in [5, 5.41) is 3.67. The molecule has 2 saturated heterocycles. The average Bonchev–Trinajstić information content (AvgIpc) is 3.31. The van der Waals surface area contributed by atoms with Crippen molar-refractivity contribution in [3.05, 3.63) is 86.4 Å². The first kappa shape index (κ1) is 27.7. The molecule has 1 atom stereocenters. The molecule has 0 radical (unpaired) electrons. The molecule has 2 aromatic carbocycles. The fraction of sp³-hybridized carbons (Fsp3) is 0.333. The van der Waals surface area contributed by atoms with E-state index in [9.17, 15) is 23.2 Å². The van der Waals surface area contributed by atoms with E-state index < -0.39 is 29.1 Å². The summed E-state index contributed by atoms with van der Waals surface area (Å²) in [5.41, 5.74) is 0.553. The lowest BCUT2D eigenvalue weighted by Crippen LogP contribution is -2.46. The standard InChI is InChI=1S/C27H25ClF2N4O6/c1-15-2-3-16(24(35)32-21-13-40-34(26(21)36)19-6-8-38-9-7-19)10-22(15)33-14-31-25(23(28)27(33)37)39-12-17-4-5-18(29)11-20(17)30/h2-5,10-11,14,19,21H,6-9,12-13H2,1H3,(H,32,35)/t21-/m1/s1. The SMILES string of the molecule is Cc1ccc(C(=O)N[C@@H]2CON(C3CCOCC3)C2=O)cc1-n1cnc(OCc2ccc(F)cc2F)c(Cl)c1=O. The number of rotatable bonds is 7. The highest BCUT2D eigenvalue weighted by molar-refractivity contribution is 6.31. The molecule has 3 aromatic rings. The van der Waals surface area contributed by atoms with E-state index in [4.69, 9.17) is 25.9 Å². The van der Waals surface area contributed by atoms with Gasteiger partial charge in [0.05, 0.1) is 11.7 Å². The van der Waals surface area contributed by atoms with E-state index in [1.807, 2.05) is 0 Å². The molecule has 2 fully saturated rings. The molecule has 13 heteroatoms. The molecule has 40 heavy (non-hydrogen) atoms. The van der Waals surface area contributed by atoms with E-state index in [0.29, 0.717) is 37.3 Å². The van der Waals surface area contributed by atoms with Crippen molar-refractivity contribution in [2.75, 3.05) is 19.8 Å². The summed E-state index contributed by atoms with van der Waals surface area (Å²) < 4.78 is 38.9. The Morgan fingerprint density at radius 2 is 1.95 bits per heavy atom. The van der Waals surface area contributed by atoms with Crippen molar-refractivity contribution >= 4 is 23.4 Å². The van der Waals surface area contributed by atoms with Crippen LogP contribution >= 0.6 is 11.6 Å². The fourth-order valence-corrected chi connectivity index (χ4v) is 4.67. The largest absolute Gasteiger partial charge is 0.471 e. The van der Waals surface area contributed by atoms with Gasteiger partial charge in [-0.1, -0.05) is 17.7 Å². The lowest BCUT2D eigenvalue weighted by molar-refractivity contribution is -0.181. The van der Waals surface area contributed by atoms with Gasteiger partial charge in [-0.15, -0.1) is 0 Å². The smallest absolute Gasteiger partial charge is 0.280 e. The van der Waals surface area contributed by atoms with Crippen molar-refractivity contribution in [3.63, 3.8) is 0 Å². The fourth-order valence-electron chi connectivity index (χ4n) is 4.48. The Hall–Kier alpha value is -3.87. The van der Waals surface area contributed by atoms with Crippen molar-refractivity contribution < 1.29 is 32.7 Å². The number of aromatic nitrogens is 2. The topological polar surface area (TPSA) is 112 Å². The van der Waals surface area contributed by atoms with Gasteiger partial charge in [-0.25, -0.2) is 18.8 Å². The number of benzene rings is 2. The Bertz CT molecular complexity index is 1510. The summed E-state index contributed by atoms with van der Waals surface area (Å²) >= 11 is 6.22. The molecule has 0 aliphatic carbocycles. The zero-order valence-electron chi connectivity index (χ0n) is 21.4. The summed E-state index contributed by atoms with van der Waals surface area (Å²) in [7, 11) is 0. The molecule has 2 amide bonds. The highest BCUT2D eigenvalue weighted by atomic mass is 35.5. The minimum atomic E-state index is -0.846. The molecule has 10 nitrogen and oxygen atoms in total. The van der Waals surface area contributed by atoms with Crippen LogP contribution in [0.5, 0.6) is 5.88 Å². The van der Waals surface area contributed by atoms with Gasteiger partial charge in [0, 0.05) is 30.4 Å². The zero-order valence-corrected chi connectivity index (χ0v) is 22.1. The second-order valence-electron chi connectivity index (χ2n) is 9.39. The second-order valence-corrected chi connectivity index (χ2v) is 9.77. The number of nitrogens with one attached hydrogen (secondary N) is 1. The van der Waals surface area contributed by atoms with Crippen LogP contribution in [0.2, 0.25) is 5.02 Å². The quantitative estimate of drug-likeness (QED) is 0.461. The highest BCUT2D eigenvalue weighted by Crippen LogP contribution is 2.23. The number of aryl methyl sites for hydroxylation is 1. The number of nitrogens with zero attached hydrogens (tertiary/aromatic N) is 3. The molecule has 0 unspecified atom stereocenters. The van der Waals surface area contributed by atoms with Crippen LogP contribution in [0.4, 0.5) is 8.78 Å². The van der Waals surface area contributed by atoms with Gasteiger partial charge in [0.1, 0.15) is 37.2 Å². The second kappa shape index (κ2) is 11.7. The molecule has 5 rings (SSSR count). The Labute approximate surface area is 232 Å². The first-order chi connectivity index (χ1) is 19.2. The zero-order chi connectivity index (χ0) is 28.4. The average molecular weight is 575 g/mol. The Morgan fingerprint density at radius 1 is 1.18 bits per heavy atom. The number of hydrogen-bond acceptors (Lipinski definition) is 7.